The third kappa shape index (κ3) is 4.90. The van der Waals surface area contributed by atoms with Crippen molar-refractivity contribution in [3.8, 4) is 50.7 Å². The van der Waals surface area contributed by atoms with Crippen molar-refractivity contribution in [2.24, 2.45) is 0 Å². The van der Waals surface area contributed by atoms with Gasteiger partial charge < -0.3 is 4.57 Å². The monoisotopic (exact) mass is 657 g/mol. The van der Waals surface area contributed by atoms with Crippen LogP contribution in [0.25, 0.3) is 94.1 Å². The second kappa shape index (κ2) is 11.9. The molecule has 10 aromatic rings. The zero-order valence-electron chi connectivity index (χ0n) is 35.1. The first kappa shape index (κ1) is 22.0. The van der Waals surface area contributed by atoms with Gasteiger partial charge in [0, 0.05) is 33.2 Å². The maximum atomic E-state index is 8.88. The van der Waals surface area contributed by atoms with Gasteiger partial charge in [-0.3, -0.25) is 0 Å². The maximum absolute atomic E-state index is 8.88. The molecular weight excluding hydrogens is 619 g/mol. The molecule has 0 spiro atoms. The van der Waals surface area contributed by atoms with Crippen molar-refractivity contribution in [2.45, 2.75) is 0 Å². The summed E-state index contributed by atoms with van der Waals surface area (Å²) in [6, 6.07) is 43.1. The lowest BCUT2D eigenvalue weighted by molar-refractivity contribution is 1.18. The van der Waals surface area contributed by atoms with E-state index in [0.717, 1.165) is 60.8 Å². The van der Waals surface area contributed by atoms with Crippen molar-refractivity contribution in [1.82, 2.24) is 14.5 Å². The van der Waals surface area contributed by atoms with Crippen molar-refractivity contribution in [3.63, 3.8) is 0 Å². The molecule has 3 heteroatoms. The highest BCUT2D eigenvalue weighted by molar-refractivity contribution is 6.09. The van der Waals surface area contributed by atoms with Crippen molar-refractivity contribution in [1.29, 1.82) is 0 Å². The molecule has 0 bridgehead atoms. The fourth-order valence-corrected chi connectivity index (χ4v) is 7.13. The summed E-state index contributed by atoms with van der Waals surface area (Å²) >= 11 is 0. The van der Waals surface area contributed by atoms with E-state index in [4.69, 9.17) is 20.9 Å². The Morgan fingerprint density at radius 1 is 0.412 bits per heavy atom. The minimum atomic E-state index is -0.470. The molecule has 2 heterocycles. The topological polar surface area (TPSA) is 30.7 Å². The first-order chi connectivity index (χ1) is 28.6. The summed E-state index contributed by atoms with van der Waals surface area (Å²) in [5, 5.41) is 4.30. The number of benzene rings is 8. The predicted molar refractivity (Wildman–Crippen MR) is 213 cm³/mol. The smallest absolute Gasteiger partial charge is 0.160 e. The van der Waals surface area contributed by atoms with Crippen molar-refractivity contribution in [2.75, 3.05) is 0 Å². The largest absolute Gasteiger partial charge is 0.309 e. The molecule has 51 heavy (non-hydrogen) atoms. The average molecular weight is 658 g/mol. The van der Waals surface area contributed by atoms with Crippen LogP contribution in [0.4, 0.5) is 0 Å². The van der Waals surface area contributed by atoms with Crippen LogP contribution in [0.1, 0.15) is 11.0 Å². The second-order valence-electron chi connectivity index (χ2n) is 12.4. The van der Waals surface area contributed by atoms with E-state index in [0.29, 0.717) is 11.5 Å². The number of aromatic nitrogens is 3. The fourth-order valence-electron chi connectivity index (χ4n) is 7.13. The molecule has 0 radical (unpaired) electrons. The van der Waals surface area contributed by atoms with Crippen LogP contribution >= 0.6 is 0 Å². The summed E-state index contributed by atoms with van der Waals surface area (Å²) in [6.45, 7) is 0. The van der Waals surface area contributed by atoms with E-state index in [1.165, 1.54) is 4.57 Å². The highest BCUT2D eigenvalue weighted by atomic mass is 15.0. The minimum Gasteiger partial charge on any atom is -0.309 e. The van der Waals surface area contributed by atoms with Crippen LogP contribution in [0, 0.1) is 0 Å². The standard InChI is InChI=1S/C48H31N3/c1-2-14-34(15-3-1)48-49-44(40-22-12-16-32-13-4-5-17-36(32)40)31-45(50-48)41-30-29-37(38-18-6-7-19-39(38)41)33-25-27-35(28-26-33)51-46-23-10-8-20-42(46)43-21-9-11-24-47(43)51/h1-31H/i8D,9D,10D,11D,20D,21D,23D,24D. The average Bonchev–Trinajstić information content (AvgIpc) is 3.65. The van der Waals surface area contributed by atoms with Crippen LogP contribution in [0.3, 0.4) is 0 Å². The van der Waals surface area contributed by atoms with E-state index in [9.17, 15) is 0 Å². The van der Waals surface area contributed by atoms with Crippen LogP contribution < -0.4 is 0 Å². The van der Waals surface area contributed by atoms with E-state index in [2.05, 4.69) is 60.7 Å². The summed E-state index contributed by atoms with van der Waals surface area (Å²) < 4.78 is 70.4. The Bertz CT molecular complexity index is 3280. The zero-order valence-corrected chi connectivity index (χ0v) is 27.1. The highest BCUT2D eigenvalue weighted by Gasteiger charge is 2.17. The number of fused-ring (bicyclic) bond motifs is 5. The molecule has 8 aromatic carbocycles. The Kier molecular flexibility index (Phi) is 5.15. The molecule has 238 valence electrons. The molecule has 0 atom stereocenters. The van der Waals surface area contributed by atoms with Gasteiger partial charge in [0.15, 0.2) is 5.82 Å². The van der Waals surface area contributed by atoms with Gasteiger partial charge in [0.2, 0.25) is 0 Å². The number of hydrogen-bond acceptors (Lipinski definition) is 2. The molecule has 10 rings (SSSR count). The maximum Gasteiger partial charge on any atom is 0.160 e. The lowest BCUT2D eigenvalue weighted by Gasteiger charge is -2.15. The molecule has 0 saturated carbocycles. The molecule has 0 saturated heterocycles. The summed E-state index contributed by atoms with van der Waals surface area (Å²) in [4.78, 5) is 10.3. The van der Waals surface area contributed by atoms with Gasteiger partial charge in [0.05, 0.1) is 33.4 Å². The molecule has 0 amide bonds. The van der Waals surface area contributed by atoms with Crippen LogP contribution in [-0.4, -0.2) is 14.5 Å². The number of nitrogens with zero attached hydrogens (tertiary/aromatic N) is 3. The van der Waals surface area contributed by atoms with Gasteiger partial charge in [-0.2, -0.15) is 0 Å². The normalized spacial score (nSPS) is 13.7. The Hall–Kier alpha value is -6.84. The fraction of sp³-hybridized carbons (Fsp3) is 0. The third-order valence-corrected chi connectivity index (χ3v) is 9.49. The van der Waals surface area contributed by atoms with Crippen molar-refractivity contribution < 1.29 is 11.0 Å². The molecule has 3 nitrogen and oxygen atoms in total. The molecular formula is C48H31N3. The quantitative estimate of drug-likeness (QED) is 0.184. The molecule has 0 N–H and O–H groups in total. The predicted octanol–water partition coefficient (Wildman–Crippen LogP) is 12.5. The van der Waals surface area contributed by atoms with Gasteiger partial charge in [-0.25, -0.2) is 9.97 Å². The summed E-state index contributed by atoms with van der Waals surface area (Å²) in [6.07, 6.45) is 0. The van der Waals surface area contributed by atoms with Gasteiger partial charge >= 0.3 is 0 Å². The van der Waals surface area contributed by atoms with E-state index >= 15 is 0 Å². The first-order valence-corrected chi connectivity index (χ1v) is 16.7. The number of rotatable bonds is 5. The van der Waals surface area contributed by atoms with E-state index in [-0.39, 0.29) is 46.0 Å². The second-order valence-corrected chi connectivity index (χ2v) is 12.4. The summed E-state index contributed by atoms with van der Waals surface area (Å²) in [5.41, 5.74) is 6.95. The Morgan fingerprint density at radius 2 is 0.961 bits per heavy atom. The molecule has 0 fully saturated rings. The van der Waals surface area contributed by atoms with Crippen LogP contribution in [-0.2, 0) is 0 Å². The number of hydrogen-bond donors (Lipinski definition) is 0. The van der Waals surface area contributed by atoms with Gasteiger partial charge in [0.25, 0.3) is 0 Å². The Morgan fingerprint density at radius 3 is 1.67 bits per heavy atom. The third-order valence-electron chi connectivity index (χ3n) is 9.49. The highest BCUT2D eigenvalue weighted by Crippen LogP contribution is 2.39. The van der Waals surface area contributed by atoms with Gasteiger partial charge in [-0.15, -0.1) is 0 Å². The van der Waals surface area contributed by atoms with Crippen molar-refractivity contribution in [3.05, 3.63) is 188 Å². The van der Waals surface area contributed by atoms with Crippen LogP contribution in [0.5, 0.6) is 0 Å². The minimum absolute atomic E-state index is 0.0485. The Labute approximate surface area is 307 Å². The van der Waals surface area contributed by atoms with Gasteiger partial charge in [-0.05, 0) is 63.0 Å². The summed E-state index contributed by atoms with van der Waals surface area (Å²) in [7, 11) is 0. The summed E-state index contributed by atoms with van der Waals surface area (Å²) in [5.74, 6) is 0.620. The van der Waals surface area contributed by atoms with Crippen molar-refractivity contribution >= 4 is 43.4 Å². The van der Waals surface area contributed by atoms with Crippen LogP contribution in [0.2, 0.25) is 0 Å². The van der Waals surface area contributed by atoms with Gasteiger partial charge in [0.1, 0.15) is 0 Å². The molecule has 0 aliphatic rings. The van der Waals surface area contributed by atoms with Gasteiger partial charge in [-0.1, -0.05) is 158 Å². The molecule has 0 aliphatic heterocycles. The molecule has 2 aromatic heterocycles. The number of para-hydroxylation sites is 2. The van der Waals surface area contributed by atoms with Crippen LogP contribution in [0.15, 0.2) is 188 Å². The lowest BCUT2D eigenvalue weighted by atomic mass is 9.93. The lowest BCUT2D eigenvalue weighted by Crippen LogP contribution is -1.97. The SMILES string of the molecule is [2H]c1c([2H])c([2H])c2c(c1[2H])c1c([2H])c([2H])c([2H])c([2H])c1n2-c1ccc(-c2ccc(-c3cc(-c4cccc5ccccc45)nc(-c4ccccc4)n3)c3ccccc23)cc1. The van der Waals surface area contributed by atoms with E-state index in [1.807, 2.05) is 78.9 Å². The van der Waals surface area contributed by atoms with E-state index in [1.54, 1.807) is 0 Å². The van der Waals surface area contributed by atoms with E-state index < -0.39 is 24.2 Å². The Balaban J connectivity index is 1.14. The molecule has 0 aliphatic carbocycles. The molecule has 0 unspecified atom stereocenters. The first-order valence-electron chi connectivity index (χ1n) is 20.7. The zero-order chi connectivity index (χ0) is 40.7.